The normalized spacial score (nSPS) is 12.2. The Morgan fingerprint density at radius 1 is 1.40 bits per heavy atom. The van der Waals surface area contributed by atoms with Crippen molar-refractivity contribution < 1.29 is 4.79 Å². The zero-order valence-electron chi connectivity index (χ0n) is 9.09. The van der Waals surface area contributed by atoms with Gasteiger partial charge in [-0.2, -0.15) is 0 Å². The molecule has 0 radical (unpaired) electrons. The molecule has 0 fully saturated rings. The van der Waals surface area contributed by atoms with Crippen molar-refractivity contribution in [3.63, 3.8) is 0 Å². The van der Waals surface area contributed by atoms with Gasteiger partial charge >= 0.3 is 0 Å². The largest absolute Gasteiger partial charge is 0.325 e. The third-order valence-electron chi connectivity index (χ3n) is 2.30. The van der Waals surface area contributed by atoms with Crippen molar-refractivity contribution in [3.8, 4) is 0 Å². The molecule has 1 atom stereocenters. The average molecular weight is 270 g/mol. The summed E-state index contributed by atoms with van der Waals surface area (Å²) >= 11 is 3.33. The summed E-state index contributed by atoms with van der Waals surface area (Å²) < 4.78 is 0. The van der Waals surface area contributed by atoms with Crippen LogP contribution in [0.5, 0.6) is 0 Å². The molecule has 0 spiro atoms. The number of carbonyl (C=O) groups excluding carboxylic acids is 1. The molecule has 0 saturated carbocycles. The number of aryl methyl sites for hydroxylation is 1. The molecule has 0 aliphatic carbocycles. The second kappa shape index (κ2) is 5.91. The molecule has 1 aromatic rings. The Morgan fingerprint density at radius 2 is 2.07 bits per heavy atom. The van der Waals surface area contributed by atoms with Crippen molar-refractivity contribution in [1.82, 2.24) is 0 Å². The van der Waals surface area contributed by atoms with Gasteiger partial charge < -0.3 is 5.32 Å². The summed E-state index contributed by atoms with van der Waals surface area (Å²) in [6.45, 7) is 4.06. The summed E-state index contributed by atoms with van der Waals surface area (Å²) in [5.41, 5.74) is 2.09. The van der Waals surface area contributed by atoms with Crippen molar-refractivity contribution in [2.75, 3.05) is 5.32 Å². The number of anilines is 1. The van der Waals surface area contributed by atoms with E-state index in [0.29, 0.717) is 0 Å². The standard InChI is InChI=1S/C12H16BrNO/c1-3-9-7-5-6-8-11(9)14-12(15)10(13)4-2/h5-8,10H,3-4H2,1-2H3,(H,14,15)/t10-/m1/s1. The Bertz CT molecular complexity index is 338. The van der Waals surface area contributed by atoms with Gasteiger partial charge in [0.15, 0.2) is 0 Å². The monoisotopic (exact) mass is 269 g/mol. The first kappa shape index (κ1) is 12.2. The van der Waals surface area contributed by atoms with Crippen LogP contribution >= 0.6 is 15.9 Å². The van der Waals surface area contributed by atoms with Crippen LogP contribution in [0.4, 0.5) is 5.69 Å². The number of alkyl halides is 1. The van der Waals surface area contributed by atoms with E-state index < -0.39 is 0 Å². The van der Waals surface area contributed by atoms with Gasteiger partial charge in [0.1, 0.15) is 0 Å². The van der Waals surface area contributed by atoms with E-state index in [-0.39, 0.29) is 10.7 Å². The van der Waals surface area contributed by atoms with Crippen LogP contribution in [0.1, 0.15) is 25.8 Å². The van der Waals surface area contributed by atoms with Crippen molar-refractivity contribution in [1.29, 1.82) is 0 Å². The molecule has 15 heavy (non-hydrogen) atoms. The number of hydrogen-bond donors (Lipinski definition) is 1. The van der Waals surface area contributed by atoms with Crippen molar-refractivity contribution in [3.05, 3.63) is 29.8 Å². The number of rotatable bonds is 4. The lowest BCUT2D eigenvalue weighted by molar-refractivity contribution is -0.115. The van der Waals surface area contributed by atoms with Crippen LogP contribution in [0.2, 0.25) is 0 Å². The first-order chi connectivity index (χ1) is 7.19. The highest BCUT2D eigenvalue weighted by Crippen LogP contribution is 2.17. The first-order valence-corrected chi connectivity index (χ1v) is 6.13. The fraction of sp³-hybridized carbons (Fsp3) is 0.417. The van der Waals surface area contributed by atoms with E-state index in [1.165, 1.54) is 5.56 Å². The predicted octanol–water partition coefficient (Wildman–Crippen LogP) is 3.36. The number of nitrogens with one attached hydrogen (secondary N) is 1. The smallest absolute Gasteiger partial charge is 0.238 e. The maximum absolute atomic E-state index is 11.7. The van der Waals surface area contributed by atoms with E-state index in [2.05, 4.69) is 28.2 Å². The van der Waals surface area contributed by atoms with Gasteiger partial charge in [-0.1, -0.05) is 48.0 Å². The topological polar surface area (TPSA) is 29.1 Å². The van der Waals surface area contributed by atoms with E-state index >= 15 is 0 Å². The Hall–Kier alpha value is -0.830. The van der Waals surface area contributed by atoms with Crippen molar-refractivity contribution >= 4 is 27.5 Å². The van der Waals surface area contributed by atoms with Crippen LogP contribution < -0.4 is 5.32 Å². The summed E-state index contributed by atoms with van der Waals surface area (Å²) in [7, 11) is 0. The van der Waals surface area contributed by atoms with Crippen molar-refractivity contribution in [2.45, 2.75) is 31.5 Å². The highest BCUT2D eigenvalue weighted by atomic mass is 79.9. The number of benzene rings is 1. The molecule has 3 heteroatoms. The minimum absolute atomic E-state index is 0.0263. The Balaban J connectivity index is 2.76. The molecule has 0 bridgehead atoms. The SMILES string of the molecule is CCc1ccccc1NC(=O)[C@H](Br)CC. The molecule has 0 heterocycles. The molecular formula is C12H16BrNO. The van der Waals surface area contributed by atoms with Gasteiger partial charge in [-0.3, -0.25) is 4.79 Å². The lowest BCUT2D eigenvalue weighted by Gasteiger charge is -2.11. The number of hydrogen-bond acceptors (Lipinski definition) is 1. The van der Waals surface area contributed by atoms with E-state index in [4.69, 9.17) is 0 Å². The minimum atomic E-state index is -0.109. The van der Waals surface area contributed by atoms with Gasteiger partial charge in [0.2, 0.25) is 5.91 Å². The molecule has 82 valence electrons. The van der Waals surface area contributed by atoms with Crippen LogP contribution in [0.3, 0.4) is 0 Å². The Morgan fingerprint density at radius 3 is 2.67 bits per heavy atom. The summed E-state index contributed by atoms with van der Waals surface area (Å²) in [6, 6.07) is 7.89. The fourth-order valence-electron chi connectivity index (χ4n) is 1.35. The summed E-state index contributed by atoms with van der Waals surface area (Å²) in [5, 5.41) is 2.93. The van der Waals surface area contributed by atoms with Gasteiger partial charge in [-0.15, -0.1) is 0 Å². The maximum Gasteiger partial charge on any atom is 0.238 e. The molecule has 1 rings (SSSR count). The molecule has 0 unspecified atom stereocenters. The molecule has 0 aliphatic heterocycles. The quantitative estimate of drug-likeness (QED) is 0.835. The zero-order valence-corrected chi connectivity index (χ0v) is 10.7. The molecule has 0 saturated heterocycles. The second-order valence-electron chi connectivity index (χ2n) is 3.38. The molecule has 0 aromatic heterocycles. The van der Waals surface area contributed by atoms with E-state index in [9.17, 15) is 4.79 Å². The second-order valence-corrected chi connectivity index (χ2v) is 4.48. The van der Waals surface area contributed by atoms with Gasteiger partial charge in [0.25, 0.3) is 0 Å². The van der Waals surface area contributed by atoms with Crippen molar-refractivity contribution in [2.24, 2.45) is 0 Å². The van der Waals surface area contributed by atoms with Gasteiger partial charge in [0.05, 0.1) is 4.83 Å². The number of carbonyl (C=O) groups is 1. The Labute approximate surface area is 99.2 Å². The van der Waals surface area contributed by atoms with E-state index in [1.807, 2.05) is 31.2 Å². The van der Waals surface area contributed by atoms with Crippen LogP contribution in [0.15, 0.2) is 24.3 Å². The van der Waals surface area contributed by atoms with Crippen LogP contribution in [0.25, 0.3) is 0 Å². The Kier molecular flexibility index (Phi) is 4.82. The summed E-state index contributed by atoms with van der Waals surface area (Å²) in [5.74, 6) is 0.0263. The predicted molar refractivity (Wildman–Crippen MR) is 67.5 cm³/mol. The first-order valence-electron chi connectivity index (χ1n) is 5.21. The van der Waals surface area contributed by atoms with Gasteiger partial charge in [-0.05, 0) is 24.5 Å². The van der Waals surface area contributed by atoms with Crippen LogP contribution in [-0.4, -0.2) is 10.7 Å². The highest BCUT2D eigenvalue weighted by Gasteiger charge is 2.13. The summed E-state index contributed by atoms with van der Waals surface area (Å²) in [4.78, 5) is 11.5. The van der Waals surface area contributed by atoms with Gasteiger partial charge in [-0.25, -0.2) is 0 Å². The zero-order chi connectivity index (χ0) is 11.3. The highest BCUT2D eigenvalue weighted by molar-refractivity contribution is 9.10. The molecule has 1 aromatic carbocycles. The number of amides is 1. The third-order valence-corrected chi connectivity index (χ3v) is 3.36. The molecule has 2 nitrogen and oxygen atoms in total. The van der Waals surface area contributed by atoms with Crippen LogP contribution in [0, 0.1) is 0 Å². The lowest BCUT2D eigenvalue weighted by Crippen LogP contribution is -2.22. The lowest BCUT2D eigenvalue weighted by atomic mass is 10.1. The van der Waals surface area contributed by atoms with Crippen LogP contribution in [-0.2, 0) is 11.2 Å². The number of halogens is 1. The third kappa shape index (κ3) is 3.34. The molecular weight excluding hydrogens is 254 g/mol. The molecule has 1 amide bonds. The maximum atomic E-state index is 11.7. The average Bonchev–Trinajstić information content (AvgIpc) is 2.28. The molecule has 1 N–H and O–H groups in total. The van der Waals surface area contributed by atoms with E-state index in [0.717, 1.165) is 18.5 Å². The number of para-hydroxylation sites is 1. The minimum Gasteiger partial charge on any atom is -0.325 e. The van der Waals surface area contributed by atoms with E-state index in [1.54, 1.807) is 0 Å². The van der Waals surface area contributed by atoms with Gasteiger partial charge in [0, 0.05) is 5.69 Å². The fourth-order valence-corrected chi connectivity index (χ4v) is 1.46. The summed E-state index contributed by atoms with van der Waals surface area (Å²) in [6.07, 6.45) is 1.72. The molecule has 0 aliphatic rings.